The minimum Gasteiger partial charge on any atom is -0.490 e. The van der Waals surface area contributed by atoms with Crippen LogP contribution >= 0.6 is 38.5 Å². The maximum Gasteiger partial charge on any atom is 0.363 e. The molecule has 2 aromatic rings. The van der Waals surface area contributed by atoms with E-state index in [9.17, 15) is 4.79 Å². The molecule has 0 spiro atoms. The molecule has 7 heteroatoms. The number of hydrogen-bond acceptors (Lipinski definition) is 5. The van der Waals surface area contributed by atoms with E-state index in [0.717, 1.165) is 24.7 Å². The van der Waals surface area contributed by atoms with Gasteiger partial charge in [0.15, 0.2) is 17.2 Å². The molecule has 0 atom stereocenters. The van der Waals surface area contributed by atoms with Gasteiger partial charge >= 0.3 is 5.97 Å². The fourth-order valence-corrected chi connectivity index (χ4v) is 3.64. The Balaban J connectivity index is 1.97. The van der Waals surface area contributed by atoms with Gasteiger partial charge in [-0.3, -0.25) is 0 Å². The monoisotopic (exact) mass is 569 g/mol. The van der Waals surface area contributed by atoms with Crippen molar-refractivity contribution in [2.75, 3.05) is 6.61 Å². The van der Waals surface area contributed by atoms with Gasteiger partial charge in [-0.1, -0.05) is 0 Å². The van der Waals surface area contributed by atoms with Crippen LogP contribution in [0.5, 0.6) is 11.5 Å². The van der Waals surface area contributed by atoms with Crippen molar-refractivity contribution in [1.29, 1.82) is 0 Å². The van der Waals surface area contributed by atoms with E-state index in [1.807, 2.05) is 58.0 Å². The quantitative estimate of drug-likeness (QED) is 0.247. The summed E-state index contributed by atoms with van der Waals surface area (Å²) in [6, 6.07) is 9.52. The third-order valence-corrected chi connectivity index (χ3v) is 5.81. The van der Waals surface area contributed by atoms with Gasteiger partial charge in [0.2, 0.25) is 5.90 Å². The molecule has 1 aliphatic rings. The number of cyclic esters (lactones) is 1. The first kappa shape index (κ1) is 21.8. The molecule has 5 nitrogen and oxygen atoms in total. The predicted molar refractivity (Wildman–Crippen MR) is 126 cm³/mol. The fourth-order valence-electron chi connectivity index (χ4n) is 2.75. The zero-order chi connectivity index (χ0) is 21.1. The smallest absolute Gasteiger partial charge is 0.363 e. The molecule has 3 rings (SSSR count). The number of aryl methyl sites for hydroxylation is 1. The summed E-state index contributed by atoms with van der Waals surface area (Å²) >= 11 is 5.80. The van der Waals surface area contributed by atoms with Gasteiger partial charge in [-0.05, 0) is 114 Å². The zero-order valence-corrected chi connectivity index (χ0v) is 20.3. The lowest BCUT2D eigenvalue weighted by atomic mass is 10.1. The molecule has 0 bridgehead atoms. The normalized spacial score (nSPS) is 14.9. The number of hydrogen-bond donors (Lipinski definition) is 0. The molecule has 0 saturated carbocycles. The third-order valence-electron chi connectivity index (χ3n) is 4.01. The molecule has 0 radical (unpaired) electrons. The molecule has 0 saturated heterocycles. The summed E-state index contributed by atoms with van der Waals surface area (Å²) in [7, 11) is 0. The highest BCUT2D eigenvalue weighted by molar-refractivity contribution is 14.1. The molecule has 0 aliphatic carbocycles. The minimum absolute atomic E-state index is 0.00377. The number of carbonyl (C=O) groups excluding carboxylic acids is 1. The number of rotatable bonds is 6. The molecule has 29 heavy (non-hydrogen) atoms. The Morgan fingerprint density at radius 1 is 1.28 bits per heavy atom. The van der Waals surface area contributed by atoms with Crippen LogP contribution in [0.1, 0.15) is 37.5 Å². The lowest BCUT2D eigenvalue weighted by Gasteiger charge is -2.16. The van der Waals surface area contributed by atoms with Crippen molar-refractivity contribution < 1.29 is 19.0 Å². The Bertz CT molecular complexity index is 1010. The summed E-state index contributed by atoms with van der Waals surface area (Å²) in [5.74, 6) is 1.07. The van der Waals surface area contributed by atoms with Crippen LogP contribution in [0.25, 0.3) is 6.08 Å². The largest absolute Gasteiger partial charge is 0.490 e. The SMILES string of the molecule is CCOc1cc(/C=C2\N=C(c3ccc(I)c(C)c3)OC2=O)cc(Br)c1OC(C)C. The van der Waals surface area contributed by atoms with E-state index < -0.39 is 5.97 Å². The summed E-state index contributed by atoms with van der Waals surface area (Å²) < 4.78 is 18.9. The third kappa shape index (κ3) is 5.19. The van der Waals surface area contributed by atoms with Crippen LogP contribution in [-0.2, 0) is 9.53 Å². The topological polar surface area (TPSA) is 57.1 Å². The average Bonchev–Trinajstić information content (AvgIpc) is 3.01. The first-order valence-corrected chi connectivity index (χ1v) is 11.1. The molecule has 1 aliphatic heterocycles. The molecular formula is C22H21BrINO4. The van der Waals surface area contributed by atoms with Gasteiger partial charge in [-0.2, -0.15) is 0 Å². The van der Waals surface area contributed by atoms with E-state index in [0.29, 0.717) is 24.0 Å². The zero-order valence-electron chi connectivity index (χ0n) is 16.6. The molecule has 0 aromatic heterocycles. The van der Waals surface area contributed by atoms with Crippen LogP contribution in [0.3, 0.4) is 0 Å². The maximum absolute atomic E-state index is 12.3. The standard InChI is InChI=1S/C22H21BrINO4/c1-5-27-19-11-14(9-16(23)20(19)28-12(2)3)10-18-22(26)29-21(25-18)15-6-7-17(24)13(4)8-15/h6-12H,5H2,1-4H3/b18-10-. The van der Waals surface area contributed by atoms with Crippen molar-refractivity contribution in [2.45, 2.75) is 33.8 Å². The molecular weight excluding hydrogens is 549 g/mol. The number of aliphatic imine (C=N–C) groups is 1. The van der Waals surface area contributed by atoms with Crippen LogP contribution in [0.2, 0.25) is 0 Å². The molecule has 0 N–H and O–H groups in total. The molecule has 0 amide bonds. The van der Waals surface area contributed by atoms with Crippen molar-refractivity contribution in [3.05, 3.63) is 60.8 Å². The Hall–Kier alpha value is -1.87. The fraction of sp³-hybridized carbons (Fsp3) is 0.273. The number of esters is 1. The highest BCUT2D eigenvalue weighted by Crippen LogP contribution is 2.38. The first-order valence-electron chi connectivity index (χ1n) is 9.20. The van der Waals surface area contributed by atoms with Gasteiger partial charge in [0.05, 0.1) is 17.2 Å². The summed E-state index contributed by atoms with van der Waals surface area (Å²) in [6.07, 6.45) is 1.69. The van der Waals surface area contributed by atoms with E-state index in [-0.39, 0.29) is 11.8 Å². The van der Waals surface area contributed by atoms with E-state index >= 15 is 0 Å². The number of benzene rings is 2. The number of halogens is 2. The second-order valence-corrected chi connectivity index (χ2v) is 8.75. The Morgan fingerprint density at radius 3 is 2.69 bits per heavy atom. The van der Waals surface area contributed by atoms with Crippen molar-refractivity contribution in [1.82, 2.24) is 0 Å². The average molecular weight is 570 g/mol. The van der Waals surface area contributed by atoms with Crippen LogP contribution in [0, 0.1) is 10.5 Å². The van der Waals surface area contributed by atoms with E-state index in [1.165, 1.54) is 0 Å². The Morgan fingerprint density at radius 2 is 2.03 bits per heavy atom. The lowest BCUT2D eigenvalue weighted by molar-refractivity contribution is -0.129. The van der Waals surface area contributed by atoms with Gasteiger partial charge in [0.1, 0.15) is 0 Å². The van der Waals surface area contributed by atoms with Crippen molar-refractivity contribution in [2.24, 2.45) is 4.99 Å². The summed E-state index contributed by atoms with van der Waals surface area (Å²) in [5.41, 5.74) is 2.87. The van der Waals surface area contributed by atoms with Crippen LogP contribution < -0.4 is 9.47 Å². The van der Waals surface area contributed by atoms with Gasteiger partial charge in [-0.15, -0.1) is 0 Å². The number of carbonyl (C=O) groups is 1. The first-order chi connectivity index (χ1) is 13.8. The number of nitrogens with zero attached hydrogens (tertiary/aromatic N) is 1. The molecule has 0 fully saturated rings. The lowest BCUT2D eigenvalue weighted by Crippen LogP contribution is -2.08. The molecule has 0 unspecified atom stereocenters. The van der Waals surface area contributed by atoms with Crippen molar-refractivity contribution in [3.8, 4) is 11.5 Å². The molecule has 152 valence electrons. The molecule has 1 heterocycles. The highest BCUT2D eigenvalue weighted by atomic mass is 127. The van der Waals surface area contributed by atoms with Crippen LogP contribution in [0.4, 0.5) is 0 Å². The predicted octanol–water partition coefficient (Wildman–Crippen LogP) is 5.89. The van der Waals surface area contributed by atoms with Crippen LogP contribution in [-0.4, -0.2) is 24.6 Å². The minimum atomic E-state index is -0.479. The van der Waals surface area contributed by atoms with Gasteiger partial charge < -0.3 is 14.2 Å². The summed E-state index contributed by atoms with van der Waals surface area (Å²) in [4.78, 5) is 16.7. The van der Waals surface area contributed by atoms with E-state index in [4.69, 9.17) is 14.2 Å². The van der Waals surface area contributed by atoms with Gasteiger partial charge in [-0.25, -0.2) is 9.79 Å². The second kappa shape index (κ2) is 9.30. The maximum atomic E-state index is 12.3. The van der Waals surface area contributed by atoms with E-state index in [2.05, 4.69) is 43.5 Å². The van der Waals surface area contributed by atoms with Crippen molar-refractivity contribution >= 4 is 56.5 Å². The Labute approximate surface area is 192 Å². The number of ether oxygens (including phenoxy) is 3. The van der Waals surface area contributed by atoms with Crippen LogP contribution in [0.15, 0.2) is 45.5 Å². The molecule has 2 aromatic carbocycles. The van der Waals surface area contributed by atoms with Gasteiger partial charge in [0.25, 0.3) is 0 Å². The summed E-state index contributed by atoms with van der Waals surface area (Å²) in [5, 5.41) is 0. The highest BCUT2D eigenvalue weighted by Gasteiger charge is 2.25. The second-order valence-electron chi connectivity index (χ2n) is 6.73. The Kier molecular flexibility index (Phi) is 7.00. The van der Waals surface area contributed by atoms with Gasteiger partial charge in [0, 0.05) is 9.13 Å². The van der Waals surface area contributed by atoms with E-state index in [1.54, 1.807) is 6.08 Å². The van der Waals surface area contributed by atoms with Crippen molar-refractivity contribution in [3.63, 3.8) is 0 Å². The summed E-state index contributed by atoms with van der Waals surface area (Å²) in [6.45, 7) is 8.32.